The lowest BCUT2D eigenvalue weighted by atomic mass is 9.97. The molecule has 0 nitrogen and oxygen atoms in total. The lowest BCUT2D eigenvalue weighted by Gasteiger charge is -2.08. The first-order valence-electron chi connectivity index (χ1n) is 6.05. The molecule has 0 spiro atoms. The number of hydrogen-bond donors (Lipinski definition) is 0. The van der Waals surface area contributed by atoms with Gasteiger partial charge in [-0.1, -0.05) is 35.9 Å². The lowest BCUT2D eigenvalue weighted by Crippen LogP contribution is -1.85. The van der Waals surface area contributed by atoms with Gasteiger partial charge in [-0.25, -0.2) is 0 Å². The van der Waals surface area contributed by atoms with Crippen LogP contribution in [0, 0.1) is 20.8 Å². The SMILES string of the molecule is Cc1ccc2cc3c(C)c(C)ccc3cc2c1. The molecule has 0 atom stereocenters. The fraction of sp³-hybridized carbons (Fsp3) is 0.176. The fourth-order valence-corrected chi connectivity index (χ4v) is 2.45. The van der Waals surface area contributed by atoms with E-state index in [9.17, 15) is 0 Å². The number of rotatable bonds is 0. The number of hydrogen-bond acceptors (Lipinski definition) is 0. The summed E-state index contributed by atoms with van der Waals surface area (Å²) >= 11 is 0. The Morgan fingerprint density at radius 2 is 1.41 bits per heavy atom. The van der Waals surface area contributed by atoms with E-state index in [0.29, 0.717) is 0 Å². The van der Waals surface area contributed by atoms with Gasteiger partial charge in [0.1, 0.15) is 0 Å². The van der Waals surface area contributed by atoms with Gasteiger partial charge in [0.15, 0.2) is 0 Å². The highest BCUT2D eigenvalue weighted by Gasteiger charge is 2.02. The minimum absolute atomic E-state index is 1.32. The summed E-state index contributed by atoms with van der Waals surface area (Å²) in [6, 6.07) is 15.7. The van der Waals surface area contributed by atoms with E-state index in [-0.39, 0.29) is 0 Å². The van der Waals surface area contributed by atoms with E-state index < -0.39 is 0 Å². The van der Waals surface area contributed by atoms with Crippen molar-refractivity contribution < 1.29 is 0 Å². The molecule has 17 heavy (non-hydrogen) atoms. The largest absolute Gasteiger partial charge is 0.0587 e. The zero-order chi connectivity index (χ0) is 12.0. The van der Waals surface area contributed by atoms with Gasteiger partial charge in [0.25, 0.3) is 0 Å². The van der Waals surface area contributed by atoms with E-state index in [1.54, 1.807) is 0 Å². The smallest absolute Gasteiger partial charge is 0.0146 e. The fourth-order valence-electron chi connectivity index (χ4n) is 2.45. The van der Waals surface area contributed by atoms with Crippen LogP contribution in [0.15, 0.2) is 42.5 Å². The molecule has 3 aromatic rings. The van der Waals surface area contributed by atoms with Gasteiger partial charge in [-0.15, -0.1) is 0 Å². The third-order valence-electron chi connectivity index (χ3n) is 3.67. The Kier molecular flexibility index (Phi) is 2.19. The van der Waals surface area contributed by atoms with Crippen molar-refractivity contribution in [3.8, 4) is 0 Å². The van der Waals surface area contributed by atoms with Crippen LogP contribution in [0.5, 0.6) is 0 Å². The molecule has 0 amide bonds. The van der Waals surface area contributed by atoms with E-state index in [1.165, 1.54) is 38.2 Å². The van der Waals surface area contributed by atoms with Crippen molar-refractivity contribution >= 4 is 21.5 Å². The molecule has 0 radical (unpaired) electrons. The van der Waals surface area contributed by atoms with Crippen LogP contribution in [0.3, 0.4) is 0 Å². The predicted octanol–water partition coefficient (Wildman–Crippen LogP) is 4.92. The molecule has 84 valence electrons. The second kappa shape index (κ2) is 3.59. The minimum Gasteiger partial charge on any atom is -0.0587 e. The molecule has 3 aromatic carbocycles. The van der Waals surface area contributed by atoms with Crippen molar-refractivity contribution in [2.75, 3.05) is 0 Å². The van der Waals surface area contributed by atoms with Gasteiger partial charge in [0.05, 0.1) is 0 Å². The quantitative estimate of drug-likeness (QED) is 0.472. The molecule has 0 fully saturated rings. The van der Waals surface area contributed by atoms with Crippen LogP contribution in [0.2, 0.25) is 0 Å². The second-order valence-electron chi connectivity index (χ2n) is 4.93. The summed E-state index contributed by atoms with van der Waals surface area (Å²) in [5.74, 6) is 0. The number of benzene rings is 3. The maximum absolute atomic E-state index is 2.31. The molecule has 0 saturated carbocycles. The van der Waals surface area contributed by atoms with Crippen molar-refractivity contribution in [1.82, 2.24) is 0 Å². The Balaban J connectivity index is 2.48. The average molecular weight is 220 g/mol. The van der Waals surface area contributed by atoms with Gasteiger partial charge >= 0.3 is 0 Å². The third-order valence-corrected chi connectivity index (χ3v) is 3.67. The van der Waals surface area contributed by atoms with Crippen molar-refractivity contribution in [3.05, 3.63) is 59.2 Å². The molecule has 0 N–H and O–H groups in total. The van der Waals surface area contributed by atoms with Crippen LogP contribution >= 0.6 is 0 Å². The summed E-state index contributed by atoms with van der Waals surface area (Å²) in [6.45, 7) is 6.52. The van der Waals surface area contributed by atoms with Crippen molar-refractivity contribution in [2.45, 2.75) is 20.8 Å². The zero-order valence-corrected chi connectivity index (χ0v) is 10.5. The second-order valence-corrected chi connectivity index (χ2v) is 4.93. The molecule has 0 aliphatic rings. The highest BCUT2D eigenvalue weighted by molar-refractivity contribution is 6.00. The van der Waals surface area contributed by atoms with Gasteiger partial charge < -0.3 is 0 Å². The van der Waals surface area contributed by atoms with Crippen LogP contribution < -0.4 is 0 Å². The Labute approximate surface area is 102 Å². The summed E-state index contributed by atoms with van der Waals surface area (Å²) in [5.41, 5.74) is 4.08. The number of fused-ring (bicyclic) bond motifs is 2. The van der Waals surface area contributed by atoms with E-state index >= 15 is 0 Å². The molecular formula is C17H16. The Morgan fingerprint density at radius 3 is 2.24 bits per heavy atom. The maximum Gasteiger partial charge on any atom is -0.0146 e. The third kappa shape index (κ3) is 1.61. The van der Waals surface area contributed by atoms with Crippen LogP contribution in [-0.4, -0.2) is 0 Å². The molecule has 0 heteroatoms. The van der Waals surface area contributed by atoms with Gasteiger partial charge in [-0.05, 0) is 65.6 Å². The molecule has 0 bridgehead atoms. The predicted molar refractivity (Wildman–Crippen MR) is 75.7 cm³/mol. The molecule has 3 rings (SSSR count). The summed E-state index contributed by atoms with van der Waals surface area (Å²) < 4.78 is 0. The van der Waals surface area contributed by atoms with E-state index in [1.807, 2.05) is 0 Å². The highest BCUT2D eigenvalue weighted by Crippen LogP contribution is 2.27. The van der Waals surface area contributed by atoms with Crippen LogP contribution in [0.25, 0.3) is 21.5 Å². The van der Waals surface area contributed by atoms with E-state index in [0.717, 1.165) is 0 Å². The first-order chi connectivity index (χ1) is 8.15. The molecular weight excluding hydrogens is 204 g/mol. The first kappa shape index (κ1) is 10.3. The van der Waals surface area contributed by atoms with Gasteiger partial charge in [0, 0.05) is 0 Å². The van der Waals surface area contributed by atoms with Gasteiger partial charge in [0.2, 0.25) is 0 Å². The topological polar surface area (TPSA) is 0 Å². The monoisotopic (exact) mass is 220 g/mol. The van der Waals surface area contributed by atoms with Crippen LogP contribution in [0.1, 0.15) is 16.7 Å². The molecule has 0 aliphatic carbocycles. The number of aryl methyl sites for hydroxylation is 3. The Morgan fingerprint density at radius 1 is 0.647 bits per heavy atom. The normalized spacial score (nSPS) is 11.2. The van der Waals surface area contributed by atoms with Gasteiger partial charge in [-0.2, -0.15) is 0 Å². The molecule has 0 heterocycles. The molecule has 0 aromatic heterocycles. The van der Waals surface area contributed by atoms with Crippen LogP contribution in [0.4, 0.5) is 0 Å². The van der Waals surface area contributed by atoms with E-state index in [2.05, 4.69) is 63.2 Å². The minimum atomic E-state index is 1.32. The summed E-state index contributed by atoms with van der Waals surface area (Å²) in [4.78, 5) is 0. The Hall–Kier alpha value is -1.82. The van der Waals surface area contributed by atoms with Crippen molar-refractivity contribution in [1.29, 1.82) is 0 Å². The highest BCUT2D eigenvalue weighted by atomic mass is 14.1. The van der Waals surface area contributed by atoms with Crippen molar-refractivity contribution in [3.63, 3.8) is 0 Å². The van der Waals surface area contributed by atoms with Crippen LogP contribution in [-0.2, 0) is 0 Å². The zero-order valence-electron chi connectivity index (χ0n) is 10.5. The van der Waals surface area contributed by atoms with Gasteiger partial charge in [-0.3, -0.25) is 0 Å². The lowest BCUT2D eigenvalue weighted by molar-refractivity contribution is 1.38. The summed E-state index contributed by atoms with van der Waals surface area (Å²) in [7, 11) is 0. The molecule has 0 aliphatic heterocycles. The standard InChI is InChI=1S/C17H16/c1-11-4-6-14-10-17-13(3)12(2)5-7-15(17)9-16(14)8-11/h4-10H,1-3H3. The average Bonchev–Trinajstić information content (AvgIpc) is 2.32. The first-order valence-corrected chi connectivity index (χ1v) is 6.05. The molecule has 0 saturated heterocycles. The van der Waals surface area contributed by atoms with E-state index in [4.69, 9.17) is 0 Å². The van der Waals surface area contributed by atoms with Crippen molar-refractivity contribution in [2.24, 2.45) is 0 Å². The Bertz CT molecular complexity index is 721. The summed E-state index contributed by atoms with van der Waals surface area (Å²) in [5, 5.41) is 5.38. The maximum atomic E-state index is 2.31. The summed E-state index contributed by atoms with van der Waals surface area (Å²) in [6.07, 6.45) is 0. The molecule has 0 unspecified atom stereocenters.